The number of likely N-dealkylation sites (tertiary alicyclic amines) is 1. The summed E-state index contributed by atoms with van der Waals surface area (Å²) in [7, 11) is 1.99. The van der Waals surface area contributed by atoms with Gasteiger partial charge in [-0.2, -0.15) is 5.26 Å². The summed E-state index contributed by atoms with van der Waals surface area (Å²) in [6, 6.07) is 6.48. The van der Waals surface area contributed by atoms with Crippen LogP contribution >= 0.6 is 0 Å². The Morgan fingerprint density at radius 2 is 2.23 bits per heavy atom. The molecule has 0 spiro atoms. The van der Waals surface area contributed by atoms with Crippen LogP contribution in [0.1, 0.15) is 18.4 Å². The summed E-state index contributed by atoms with van der Waals surface area (Å²) in [6.07, 6.45) is 0.835. The van der Waals surface area contributed by atoms with Crippen LogP contribution < -0.4 is 10.1 Å². The first-order valence-electron chi connectivity index (χ1n) is 7.38. The molecule has 2 aliphatic rings. The quantitative estimate of drug-likeness (QED) is 0.892. The van der Waals surface area contributed by atoms with Crippen molar-refractivity contribution in [2.75, 3.05) is 20.1 Å². The minimum Gasteiger partial charge on any atom is -0.480 e. The number of nitrogens with one attached hydrogen (secondary N) is 1. The molecule has 1 atom stereocenters. The Balaban J connectivity index is 1.67. The maximum atomic E-state index is 13.2. The molecule has 116 valence electrons. The zero-order valence-electron chi connectivity index (χ0n) is 12.4. The summed E-state index contributed by atoms with van der Waals surface area (Å²) < 4.78 is 18.8. The molecule has 0 aromatic heterocycles. The normalized spacial score (nSPS) is 23.2. The van der Waals surface area contributed by atoms with E-state index < -0.39 is 11.6 Å². The van der Waals surface area contributed by atoms with E-state index in [0.717, 1.165) is 13.1 Å². The van der Waals surface area contributed by atoms with Gasteiger partial charge in [-0.25, -0.2) is 4.39 Å². The fourth-order valence-corrected chi connectivity index (χ4v) is 2.94. The Labute approximate surface area is 128 Å². The van der Waals surface area contributed by atoms with Crippen LogP contribution in [0.3, 0.4) is 0 Å². The fourth-order valence-electron chi connectivity index (χ4n) is 2.94. The van der Waals surface area contributed by atoms with Crippen molar-refractivity contribution < 1.29 is 13.9 Å². The summed E-state index contributed by atoms with van der Waals surface area (Å²) in [5.41, 5.74) is -0.137. The zero-order chi connectivity index (χ0) is 15.7. The van der Waals surface area contributed by atoms with E-state index in [1.807, 2.05) is 7.05 Å². The average Bonchev–Trinajstić information content (AvgIpc) is 2.93. The van der Waals surface area contributed by atoms with E-state index in [1.165, 1.54) is 18.2 Å². The Bertz CT molecular complexity index is 633. The lowest BCUT2D eigenvalue weighted by Gasteiger charge is -2.36. The van der Waals surface area contributed by atoms with Gasteiger partial charge in [-0.1, -0.05) is 0 Å². The lowest BCUT2D eigenvalue weighted by Crippen LogP contribution is -2.56. The van der Waals surface area contributed by atoms with Crippen LogP contribution in [0, 0.1) is 17.1 Å². The fraction of sp³-hybridized carbons (Fsp3) is 0.500. The second kappa shape index (κ2) is 5.58. The summed E-state index contributed by atoms with van der Waals surface area (Å²) in [5, 5.41) is 12.3. The number of rotatable bonds is 2. The van der Waals surface area contributed by atoms with Crippen molar-refractivity contribution in [2.45, 2.75) is 30.9 Å². The van der Waals surface area contributed by atoms with Crippen molar-refractivity contribution in [3.05, 3.63) is 29.6 Å². The predicted octanol–water partition coefficient (Wildman–Crippen LogP) is 1.23. The molecule has 1 fully saturated rings. The molecule has 2 aliphatic heterocycles. The van der Waals surface area contributed by atoms with Crippen molar-refractivity contribution in [1.29, 1.82) is 5.26 Å². The summed E-state index contributed by atoms with van der Waals surface area (Å²) in [6.45, 7) is 1.54. The number of fused-ring (bicyclic) bond motifs is 1. The van der Waals surface area contributed by atoms with Gasteiger partial charge < -0.3 is 15.0 Å². The molecule has 1 amide bonds. The Morgan fingerprint density at radius 3 is 2.91 bits per heavy atom. The third-order valence-corrected chi connectivity index (χ3v) is 4.41. The van der Waals surface area contributed by atoms with Crippen molar-refractivity contribution >= 4 is 5.91 Å². The lowest BCUT2D eigenvalue weighted by atomic mass is 9.89. The third kappa shape index (κ3) is 2.77. The van der Waals surface area contributed by atoms with Crippen LogP contribution in [0.4, 0.5) is 4.39 Å². The van der Waals surface area contributed by atoms with Gasteiger partial charge in [-0.05, 0) is 38.1 Å². The monoisotopic (exact) mass is 303 g/mol. The topological polar surface area (TPSA) is 65.4 Å². The smallest absolute Gasteiger partial charge is 0.262 e. The molecule has 0 saturated carbocycles. The first-order valence-corrected chi connectivity index (χ1v) is 7.38. The van der Waals surface area contributed by atoms with Crippen molar-refractivity contribution in [3.8, 4) is 11.8 Å². The first kappa shape index (κ1) is 14.8. The van der Waals surface area contributed by atoms with E-state index in [-0.39, 0.29) is 11.7 Å². The number of carbonyl (C=O) groups is 1. The molecule has 0 bridgehead atoms. The highest BCUT2D eigenvalue weighted by Gasteiger charge is 2.39. The van der Waals surface area contributed by atoms with Crippen molar-refractivity contribution in [2.24, 2.45) is 0 Å². The van der Waals surface area contributed by atoms with E-state index >= 15 is 0 Å². The van der Waals surface area contributed by atoms with Gasteiger partial charge in [0.05, 0.1) is 6.07 Å². The number of halogens is 1. The van der Waals surface area contributed by atoms with Gasteiger partial charge in [0.25, 0.3) is 5.91 Å². The van der Waals surface area contributed by atoms with Crippen molar-refractivity contribution in [3.63, 3.8) is 0 Å². The van der Waals surface area contributed by atoms with Gasteiger partial charge >= 0.3 is 0 Å². The lowest BCUT2D eigenvalue weighted by molar-refractivity contribution is -0.129. The van der Waals surface area contributed by atoms with Crippen molar-refractivity contribution in [1.82, 2.24) is 10.2 Å². The van der Waals surface area contributed by atoms with Gasteiger partial charge in [0.15, 0.2) is 6.10 Å². The molecule has 1 aromatic rings. The number of hydrogen-bond acceptors (Lipinski definition) is 4. The van der Waals surface area contributed by atoms with Crippen LogP contribution in [-0.4, -0.2) is 42.6 Å². The SMILES string of the molecule is CN1CCC(C#N)(NC(=O)[C@H]2Cc3cc(F)ccc3O2)CC1. The molecular formula is C16H18FN3O2. The molecule has 0 aliphatic carbocycles. The maximum absolute atomic E-state index is 13.2. The minimum absolute atomic E-state index is 0.303. The summed E-state index contributed by atoms with van der Waals surface area (Å²) >= 11 is 0. The molecule has 1 saturated heterocycles. The summed E-state index contributed by atoms with van der Waals surface area (Å²) in [5.74, 6) is -0.106. The number of nitrogens with zero attached hydrogens (tertiary/aromatic N) is 2. The molecule has 0 unspecified atom stereocenters. The molecule has 1 aromatic carbocycles. The highest BCUT2D eigenvalue weighted by atomic mass is 19.1. The standard InChI is InChI=1S/C16H18FN3O2/c1-20-6-4-16(10-18,5-7-20)19-15(21)14-9-11-8-12(17)2-3-13(11)22-14/h2-3,8,14H,4-7,9H2,1H3,(H,19,21)/t14-/m1/s1. The highest BCUT2D eigenvalue weighted by molar-refractivity contribution is 5.83. The van der Waals surface area contributed by atoms with Gasteiger partial charge in [0.2, 0.25) is 0 Å². The molecule has 1 N–H and O–H groups in total. The average molecular weight is 303 g/mol. The number of hydrogen-bond donors (Lipinski definition) is 1. The van der Waals surface area contributed by atoms with Crippen LogP contribution in [0.25, 0.3) is 0 Å². The second-order valence-electron chi connectivity index (χ2n) is 6.05. The maximum Gasteiger partial charge on any atom is 0.262 e. The first-order chi connectivity index (χ1) is 10.5. The zero-order valence-corrected chi connectivity index (χ0v) is 12.4. The minimum atomic E-state index is -0.826. The molecule has 0 radical (unpaired) electrons. The number of benzene rings is 1. The Kier molecular flexibility index (Phi) is 3.75. The number of piperidine rings is 1. The molecule has 2 heterocycles. The van der Waals surface area contributed by atoms with Crippen LogP contribution in [0.5, 0.6) is 5.75 Å². The van der Waals surface area contributed by atoms with Gasteiger partial charge in [0.1, 0.15) is 17.1 Å². The van der Waals surface area contributed by atoms with Crippen LogP contribution in [0.15, 0.2) is 18.2 Å². The number of amides is 1. The van der Waals surface area contributed by atoms with Gasteiger partial charge in [-0.3, -0.25) is 4.79 Å². The number of carbonyl (C=O) groups excluding carboxylic acids is 1. The highest BCUT2D eigenvalue weighted by Crippen LogP contribution is 2.30. The van der Waals surface area contributed by atoms with E-state index in [4.69, 9.17) is 4.74 Å². The van der Waals surface area contributed by atoms with E-state index in [2.05, 4.69) is 16.3 Å². The molecule has 3 rings (SSSR count). The van der Waals surface area contributed by atoms with Crippen LogP contribution in [0.2, 0.25) is 0 Å². The van der Waals surface area contributed by atoms with Gasteiger partial charge in [-0.15, -0.1) is 0 Å². The van der Waals surface area contributed by atoms with Gasteiger partial charge in [0, 0.05) is 25.1 Å². The number of nitriles is 1. The van der Waals surface area contributed by atoms with E-state index in [9.17, 15) is 14.4 Å². The predicted molar refractivity (Wildman–Crippen MR) is 77.7 cm³/mol. The van der Waals surface area contributed by atoms with Crippen LogP contribution in [-0.2, 0) is 11.2 Å². The Hall–Kier alpha value is -2.13. The summed E-state index contributed by atoms with van der Waals surface area (Å²) in [4.78, 5) is 14.5. The van der Waals surface area contributed by atoms with E-state index in [0.29, 0.717) is 30.6 Å². The number of ether oxygens (including phenoxy) is 1. The molecule has 6 heteroatoms. The largest absolute Gasteiger partial charge is 0.480 e. The second-order valence-corrected chi connectivity index (χ2v) is 6.05. The van der Waals surface area contributed by atoms with E-state index in [1.54, 1.807) is 0 Å². The Morgan fingerprint density at radius 1 is 1.50 bits per heavy atom. The third-order valence-electron chi connectivity index (χ3n) is 4.41. The molecule has 5 nitrogen and oxygen atoms in total. The molecule has 22 heavy (non-hydrogen) atoms. The molecular weight excluding hydrogens is 285 g/mol.